The highest BCUT2D eigenvalue weighted by Crippen LogP contribution is 2.48. The summed E-state index contributed by atoms with van der Waals surface area (Å²) in [6, 6.07) is 15.1. The van der Waals surface area contributed by atoms with Gasteiger partial charge in [0.1, 0.15) is 0 Å². The van der Waals surface area contributed by atoms with Gasteiger partial charge in [0.05, 0.1) is 0 Å². The fourth-order valence-corrected chi connectivity index (χ4v) is 4.83. The molecule has 0 aromatic heterocycles. The summed E-state index contributed by atoms with van der Waals surface area (Å²) < 4.78 is 0. The zero-order valence-corrected chi connectivity index (χ0v) is 14.9. The van der Waals surface area contributed by atoms with E-state index in [9.17, 15) is 0 Å². The molecule has 0 saturated carbocycles. The first-order valence-electron chi connectivity index (χ1n) is 8.28. The predicted molar refractivity (Wildman–Crippen MR) is 99.4 cm³/mol. The molecule has 0 amide bonds. The Bertz CT molecular complexity index is 771. The lowest BCUT2D eigenvalue weighted by Crippen LogP contribution is -2.30. The van der Waals surface area contributed by atoms with E-state index < -0.39 is 0 Å². The largest absolute Gasteiger partial charge is 0.303 e. The number of halogens is 1. The quantitative estimate of drug-likeness (QED) is 0.556. The van der Waals surface area contributed by atoms with E-state index in [1.165, 1.54) is 39.6 Å². The Morgan fingerprint density at radius 1 is 1.00 bits per heavy atom. The van der Waals surface area contributed by atoms with Gasteiger partial charge in [-0.25, -0.2) is 0 Å². The number of hydrogen-bond donors (Lipinski definition) is 0. The summed E-state index contributed by atoms with van der Waals surface area (Å²) in [6.07, 6.45) is 2.32. The summed E-state index contributed by atoms with van der Waals surface area (Å²) in [5.41, 5.74) is 5.73. The molecule has 1 saturated heterocycles. The molecule has 0 spiro atoms. The molecule has 3 heteroatoms. The van der Waals surface area contributed by atoms with E-state index in [0.29, 0.717) is 0 Å². The van der Waals surface area contributed by atoms with Crippen molar-refractivity contribution in [2.24, 2.45) is 0 Å². The van der Waals surface area contributed by atoms with Crippen molar-refractivity contribution in [1.82, 2.24) is 4.90 Å². The molecule has 1 nitrogen and oxygen atoms in total. The summed E-state index contributed by atoms with van der Waals surface area (Å²) in [5, 5.41) is 0.827. The molecule has 2 aromatic carbocycles. The van der Waals surface area contributed by atoms with Gasteiger partial charge in [-0.05, 0) is 60.4 Å². The van der Waals surface area contributed by atoms with Crippen LogP contribution in [0.5, 0.6) is 0 Å². The maximum Gasteiger partial charge on any atom is 0.0412 e. The van der Waals surface area contributed by atoms with E-state index in [1.54, 1.807) is 5.57 Å². The van der Waals surface area contributed by atoms with Crippen LogP contribution >= 0.6 is 23.4 Å². The van der Waals surface area contributed by atoms with Crippen LogP contribution in [0.1, 0.15) is 30.9 Å². The average molecular weight is 342 g/mol. The third-order valence-corrected chi connectivity index (χ3v) is 6.23. The molecular weight excluding hydrogens is 322 g/mol. The van der Waals surface area contributed by atoms with E-state index >= 15 is 0 Å². The molecule has 118 valence electrons. The Labute approximate surface area is 147 Å². The first kappa shape index (κ1) is 15.3. The minimum Gasteiger partial charge on any atom is -0.303 e. The fraction of sp³-hybridized carbons (Fsp3) is 0.300. The van der Waals surface area contributed by atoms with Gasteiger partial charge in [-0.1, -0.05) is 54.1 Å². The van der Waals surface area contributed by atoms with Crippen LogP contribution in [-0.4, -0.2) is 24.5 Å². The van der Waals surface area contributed by atoms with Gasteiger partial charge in [0.25, 0.3) is 0 Å². The summed E-state index contributed by atoms with van der Waals surface area (Å²) in [4.78, 5) is 5.23. The Hall–Kier alpha value is -1.22. The maximum absolute atomic E-state index is 6.31. The molecule has 0 aliphatic carbocycles. The number of piperidine rings is 1. The van der Waals surface area contributed by atoms with Crippen LogP contribution in [0.15, 0.2) is 57.8 Å². The molecule has 2 aliphatic rings. The van der Waals surface area contributed by atoms with Gasteiger partial charge in [-0.3, -0.25) is 0 Å². The van der Waals surface area contributed by atoms with Crippen molar-refractivity contribution in [3.05, 3.63) is 64.2 Å². The Kier molecular flexibility index (Phi) is 4.23. The van der Waals surface area contributed by atoms with Crippen molar-refractivity contribution in [2.45, 2.75) is 29.6 Å². The lowest BCUT2D eigenvalue weighted by atomic mass is 9.88. The zero-order chi connectivity index (χ0) is 15.8. The van der Waals surface area contributed by atoms with E-state index in [1.807, 2.05) is 17.8 Å². The maximum atomic E-state index is 6.31. The van der Waals surface area contributed by atoms with Crippen LogP contribution in [0.25, 0.3) is 5.57 Å². The van der Waals surface area contributed by atoms with Crippen molar-refractivity contribution in [1.29, 1.82) is 0 Å². The number of benzene rings is 2. The molecule has 2 aliphatic heterocycles. The molecule has 2 heterocycles. The minimum atomic E-state index is 0.827. The number of hydrogen-bond acceptors (Lipinski definition) is 2. The molecule has 0 unspecified atom stereocenters. The summed E-state index contributed by atoms with van der Waals surface area (Å²) in [7, 11) is 0. The second kappa shape index (κ2) is 6.35. The van der Waals surface area contributed by atoms with Crippen molar-refractivity contribution in [2.75, 3.05) is 19.6 Å². The average Bonchev–Trinajstić information content (AvgIpc) is 2.60. The summed E-state index contributed by atoms with van der Waals surface area (Å²) in [5.74, 6) is 0. The van der Waals surface area contributed by atoms with Crippen molar-refractivity contribution >= 4 is 28.9 Å². The number of fused-ring (bicyclic) bond motifs is 2. The zero-order valence-electron chi connectivity index (χ0n) is 13.3. The smallest absolute Gasteiger partial charge is 0.0412 e. The molecule has 4 rings (SSSR count). The second-order valence-corrected chi connectivity index (χ2v) is 7.67. The van der Waals surface area contributed by atoms with Crippen molar-refractivity contribution in [3.63, 3.8) is 0 Å². The first-order valence-corrected chi connectivity index (χ1v) is 9.47. The predicted octanol–water partition coefficient (Wildman–Crippen LogP) is 5.72. The number of likely N-dealkylation sites (tertiary alicyclic amines) is 1. The van der Waals surface area contributed by atoms with Gasteiger partial charge >= 0.3 is 0 Å². The normalized spacial score (nSPS) is 17.8. The molecule has 2 aromatic rings. The van der Waals surface area contributed by atoms with Crippen LogP contribution in [0.4, 0.5) is 0 Å². The summed E-state index contributed by atoms with van der Waals surface area (Å²) in [6.45, 7) is 5.73. The van der Waals surface area contributed by atoms with Crippen LogP contribution in [-0.2, 0) is 0 Å². The number of rotatable bonds is 1. The Balaban J connectivity index is 1.87. The lowest BCUT2D eigenvalue weighted by molar-refractivity contribution is 0.270. The molecule has 1 fully saturated rings. The first-order chi connectivity index (χ1) is 11.3. The molecule has 0 bridgehead atoms. The highest BCUT2D eigenvalue weighted by Gasteiger charge is 2.25. The van der Waals surface area contributed by atoms with Gasteiger partial charge in [0.15, 0.2) is 0 Å². The van der Waals surface area contributed by atoms with E-state index in [-0.39, 0.29) is 0 Å². The third-order valence-electron chi connectivity index (χ3n) is 4.85. The van der Waals surface area contributed by atoms with E-state index in [0.717, 1.165) is 24.4 Å². The van der Waals surface area contributed by atoms with Gasteiger partial charge in [0, 0.05) is 27.9 Å². The Morgan fingerprint density at radius 2 is 1.74 bits per heavy atom. The van der Waals surface area contributed by atoms with E-state index in [4.69, 9.17) is 11.6 Å². The SMILES string of the molecule is CCN1CCC(=C2c3ccccc3Sc3ccc(Cl)cc32)CC1. The Morgan fingerprint density at radius 3 is 2.52 bits per heavy atom. The van der Waals surface area contributed by atoms with Crippen LogP contribution in [0.3, 0.4) is 0 Å². The van der Waals surface area contributed by atoms with Gasteiger partial charge in [-0.2, -0.15) is 0 Å². The molecule has 0 radical (unpaired) electrons. The van der Waals surface area contributed by atoms with E-state index in [2.05, 4.69) is 48.2 Å². The monoisotopic (exact) mass is 341 g/mol. The third kappa shape index (κ3) is 2.84. The highest BCUT2D eigenvalue weighted by atomic mass is 35.5. The fourth-order valence-electron chi connectivity index (χ4n) is 3.58. The topological polar surface area (TPSA) is 3.24 Å². The lowest BCUT2D eigenvalue weighted by Gasteiger charge is -2.31. The number of nitrogens with zero attached hydrogens (tertiary/aromatic N) is 1. The highest BCUT2D eigenvalue weighted by molar-refractivity contribution is 7.99. The van der Waals surface area contributed by atoms with Gasteiger partial charge < -0.3 is 4.90 Å². The molecule has 23 heavy (non-hydrogen) atoms. The van der Waals surface area contributed by atoms with Gasteiger partial charge in [-0.15, -0.1) is 0 Å². The van der Waals surface area contributed by atoms with Gasteiger partial charge in [0.2, 0.25) is 0 Å². The van der Waals surface area contributed by atoms with Crippen LogP contribution in [0.2, 0.25) is 5.02 Å². The standard InChI is InChI=1S/C20H20ClNS/c1-2-22-11-9-14(10-12-22)20-16-5-3-4-6-18(16)23-19-8-7-15(21)13-17(19)20/h3-8,13H,2,9-12H2,1H3. The second-order valence-electron chi connectivity index (χ2n) is 6.15. The van der Waals surface area contributed by atoms with Crippen LogP contribution in [0, 0.1) is 0 Å². The minimum absolute atomic E-state index is 0.827. The van der Waals surface area contributed by atoms with Crippen molar-refractivity contribution in [3.8, 4) is 0 Å². The molecule has 0 atom stereocenters. The molecule has 0 N–H and O–H groups in total. The molecular formula is C20H20ClNS. The summed E-state index contributed by atoms with van der Waals surface area (Å²) >= 11 is 8.17. The van der Waals surface area contributed by atoms with Crippen molar-refractivity contribution < 1.29 is 0 Å². The van der Waals surface area contributed by atoms with Crippen LogP contribution < -0.4 is 0 Å².